The lowest BCUT2D eigenvalue weighted by atomic mass is 9.87. The Labute approximate surface area is 156 Å². The van der Waals surface area contributed by atoms with Crippen molar-refractivity contribution in [2.45, 2.75) is 47.1 Å². The number of carboxylic acids is 4. The molecule has 0 aliphatic rings. The number of hydrogen-bond donors (Lipinski definition) is 7. The van der Waals surface area contributed by atoms with E-state index in [4.69, 9.17) is 39.9 Å². The zero-order valence-electron chi connectivity index (χ0n) is 15.9. The predicted octanol–water partition coefficient (Wildman–Crippen LogP) is -0.771. The van der Waals surface area contributed by atoms with E-state index in [1.807, 2.05) is 0 Å². The Kier molecular flexibility index (Phi) is 21.4. The Balaban J connectivity index is -0.000000179. The molecule has 0 spiro atoms. The number of carbonyl (C=O) groups is 5. The average molecular weight is 399 g/mol. The highest BCUT2D eigenvalue weighted by Gasteiger charge is 2.32. The zero-order valence-corrected chi connectivity index (χ0v) is 15.9. The highest BCUT2D eigenvalue weighted by molar-refractivity contribution is 5.81. The number of nitrogens with one attached hydrogen (secondary N) is 1. The summed E-state index contributed by atoms with van der Waals surface area (Å²) in [4.78, 5) is 48.4. The van der Waals surface area contributed by atoms with Gasteiger partial charge in [-0.1, -0.05) is 13.8 Å². The standard InChI is InChI=1S/C9H17NO5.3C2H4O2/c1-9(2,5-11)7(14)8(15)10-4-3-6(12)13;3*1-2(3)4/h7,11,14H,3-5H2,1-2H3,(H,10,15)(H,12,13);3*1H3,(H,3,4)/t7-;;;/m0.../s1. The van der Waals surface area contributed by atoms with E-state index in [-0.39, 0.29) is 19.6 Å². The molecule has 0 bridgehead atoms. The second-order valence-corrected chi connectivity index (χ2v) is 5.54. The summed E-state index contributed by atoms with van der Waals surface area (Å²) < 4.78 is 0. The van der Waals surface area contributed by atoms with Crippen LogP contribution in [0.5, 0.6) is 0 Å². The molecule has 27 heavy (non-hydrogen) atoms. The zero-order chi connectivity index (χ0) is 22.8. The van der Waals surface area contributed by atoms with Gasteiger partial charge < -0.3 is 36.0 Å². The van der Waals surface area contributed by atoms with Crippen LogP contribution in [0.1, 0.15) is 41.0 Å². The first-order chi connectivity index (χ1) is 12.0. The number of aliphatic hydroxyl groups is 2. The van der Waals surface area contributed by atoms with Crippen molar-refractivity contribution in [2.24, 2.45) is 5.41 Å². The van der Waals surface area contributed by atoms with Gasteiger partial charge in [0, 0.05) is 32.7 Å². The van der Waals surface area contributed by atoms with Gasteiger partial charge in [-0.2, -0.15) is 0 Å². The van der Waals surface area contributed by atoms with Crippen molar-refractivity contribution in [1.82, 2.24) is 5.32 Å². The smallest absolute Gasteiger partial charge is 0.305 e. The molecule has 0 aliphatic carbocycles. The van der Waals surface area contributed by atoms with Crippen molar-refractivity contribution in [3.05, 3.63) is 0 Å². The summed E-state index contributed by atoms with van der Waals surface area (Å²) in [6, 6.07) is 0. The van der Waals surface area contributed by atoms with Gasteiger partial charge in [0.1, 0.15) is 6.10 Å². The van der Waals surface area contributed by atoms with Gasteiger partial charge in [-0.25, -0.2) is 0 Å². The van der Waals surface area contributed by atoms with E-state index in [2.05, 4.69) is 5.32 Å². The fourth-order valence-electron chi connectivity index (χ4n) is 0.831. The number of rotatable bonds is 6. The van der Waals surface area contributed by atoms with E-state index in [1.165, 1.54) is 13.8 Å². The first-order valence-corrected chi connectivity index (χ1v) is 7.38. The summed E-state index contributed by atoms with van der Waals surface area (Å²) >= 11 is 0. The van der Waals surface area contributed by atoms with E-state index in [0.29, 0.717) is 0 Å². The molecule has 0 aliphatic heterocycles. The molecule has 0 rings (SSSR count). The number of carbonyl (C=O) groups excluding carboxylic acids is 1. The van der Waals surface area contributed by atoms with Crippen molar-refractivity contribution in [2.75, 3.05) is 13.2 Å². The molecule has 12 nitrogen and oxygen atoms in total. The topological polar surface area (TPSA) is 219 Å². The molecule has 0 aromatic carbocycles. The Hall–Kier alpha value is -2.73. The molecule has 1 atom stereocenters. The van der Waals surface area contributed by atoms with Crippen molar-refractivity contribution >= 4 is 29.8 Å². The van der Waals surface area contributed by atoms with Crippen LogP contribution >= 0.6 is 0 Å². The third-order valence-corrected chi connectivity index (χ3v) is 2.03. The van der Waals surface area contributed by atoms with E-state index in [0.717, 1.165) is 20.8 Å². The molecule has 0 aromatic heterocycles. The Morgan fingerprint density at radius 1 is 0.852 bits per heavy atom. The van der Waals surface area contributed by atoms with Gasteiger partial charge in [0.05, 0.1) is 13.0 Å². The minimum Gasteiger partial charge on any atom is -0.481 e. The van der Waals surface area contributed by atoms with E-state index < -0.39 is 41.3 Å². The molecule has 0 aromatic rings. The average Bonchev–Trinajstić information content (AvgIpc) is 2.44. The molecule has 0 saturated carbocycles. The minimum absolute atomic E-state index is 0.0350. The summed E-state index contributed by atoms with van der Waals surface area (Å²) in [5, 5.41) is 51.2. The van der Waals surface area contributed by atoms with Gasteiger partial charge >= 0.3 is 5.97 Å². The maximum absolute atomic E-state index is 11.3. The first kappa shape index (κ1) is 32.0. The van der Waals surface area contributed by atoms with E-state index in [1.54, 1.807) is 0 Å². The van der Waals surface area contributed by atoms with Crippen LogP contribution in [0.2, 0.25) is 0 Å². The number of aliphatic carboxylic acids is 4. The van der Waals surface area contributed by atoms with Gasteiger partial charge in [0.15, 0.2) is 0 Å². The maximum Gasteiger partial charge on any atom is 0.305 e. The summed E-state index contributed by atoms with van der Waals surface area (Å²) in [5.74, 6) is -4.19. The molecular formula is C15H29NO11. The summed E-state index contributed by atoms with van der Waals surface area (Å²) in [6.45, 7) is 5.95. The van der Waals surface area contributed by atoms with Crippen LogP contribution in [0.4, 0.5) is 0 Å². The maximum atomic E-state index is 11.3. The summed E-state index contributed by atoms with van der Waals surface area (Å²) in [6.07, 6.45) is -1.55. The third-order valence-electron chi connectivity index (χ3n) is 2.03. The molecule has 0 radical (unpaired) electrons. The largest absolute Gasteiger partial charge is 0.481 e. The normalized spacial score (nSPS) is 10.2. The second kappa shape index (κ2) is 18.1. The second-order valence-electron chi connectivity index (χ2n) is 5.54. The molecule has 0 unspecified atom stereocenters. The lowest BCUT2D eigenvalue weighted by Crippen LogP contribution is -2.45. The van der Waals surface area contributed by atoms with Crippen LogP contribution in [0.3, 0.4) is 0 Å². The van der Waals surface area contributed by atoms with Crippen LogP contribution in [0.25, 0.3) is 0 Å². The molecule has 0 fully saturated rings. The van der Waals surface area contributed by atoms with E-state index in [9.17, 15) is 14.7 Å². The molecule has 12 heteroatoms. The van der Waals surface area contributed by atoms with Crippen molar-refractivity contribution in [1.29, 1.82) is 0 Å². The van der Waals surface area contributed by atoms with Gasteiger partial charge in [-0.05, 0) is 0 Å². The number of hydrogen-bond acceptors (Lipinski definition) is 7. The van der Waals surface area contributed by atoms with Crippen LogP contribution in [-0.2, 0) is 24.0 Å². The van der Waals surface area contributed by atoms with Crippen LogP contribution in [0.15, 0.2) is 0 Å². The van der Waals surface area contributed by atoms with Gasteiger partial charge in [0.25, 0.3) is 17.9 Å². The van der Waals surface area contributed by atoms with Crippen molar-refractivity contribution in [3.8, 4) is 0 Å². The van der Waals surface area contributed by atoms with Gasteiger partial charge in [-0.3, -0.25) is 24.0 Å². The van der Waals surface area contributed by atoms with Crippen molar-refractivity contribution in [3.63, 3.8) is 0 Å². The number of aliphatic hydroxyl groups excluding tert-OH is 2. The monoisotopic (exact) mass is 399 g/mol. The lowest BCUT2D eigenvalue weighted by Gasteiger charge is -2.26. The first-order valence-electron chi connectivity index (χ1n) is 7.38. The van der Waals surface area contributed by atoms with Gasteiger partial charge in [0.2, 0.25) is 5.91 Å². The van der Waals surface area contributed by atoms with Crippen LogP contribution < -0.4 is 5.32 Å². The fraction of sp³-hybridized carbons (Fsp3) is 0.667. The molecular weight excluding hydrogens is 370 g/mol. The molecule has 160 valence electrons. The van der Waals surface area contributed by atoms with Gasteiger partial charge in [-0.15, -0.1) is 0 Å². The summed E-state index contributed by atoms with van der Waals surface area (Å²) in [7, 11) is 0. The highest BCUT2D eigenvalue weighted by atomic mass is 16.4. The number of amides is 1. The fourth-order valence-corrected chi connectivity index (χ4v) is 0.831. The molecule has 7 N–H and O–H groups in total. The summed E-state index contributed by atoms with van der Waals surface area (Å²) in [5.41, 5.74) is -0.937. The highest BCUT2D eigenvalue weighted by Crippen LogP contribution is 2.19. The Morgan fingerprint density at radius 3 is 1.37 bits per heavy atom. The lowest BCUT2D eigenvalue weighted by molar-refractivity contribution is -0.139. The van der Waals surface area contributed by atoms with E-state index >= 15 is 0 Å². The predicted molar refractivity (Wildman–Crippen MR) is 92.1 cm³/mol. The van der Waals surface area contributed by atoms with Crippen LogP contribution in [0, 0.1) is 5.41 Å². The SMILES string of the molecule is CC(=O)O.CC(=O)O.CC(=O)O.CC(C)(CO)[C@@H](O)C(=O)NCCC(=O)O. The molecule has 1 amide bonds. The van der Waals surface area contributed by atoms with Crippen molar-refractivity contribution < 1.29 is 54.6 Å². The van der Waals surface area contributed by atoms with Crippen LogP contribution in [-0.4, -0.2) is 79.7 Å². The Morgan fingerprint density at radius 2 is 1.15 bits per heavy atom. The minimum atomic E-state index is -1.35. The molecule has 0 saturated heterocycles. The molecule has 0 heterocycles. The number of carboxylic acid groups (broad SMARTS) is 4. The third kappa shape index (κ3) is 39.8. The Bertz CT molecular complexity index is 434. The quantitative estimate of drug-likeness (QED) is 0.294.